The van der Waals surface area contributed by atoms with Crippen molar-refractivity contribution >= 4 is 23.2 Å². The van der Waals surface area contributed by atoms with Crippen LogP contribution in [0.1, 0.15) is 19.4 Å². The summed E-state index contributed by atoms with van der Waals surface area (Å²) in [5.74, 6) is -0.228. The van der Waals surface area contributed by atoms with Crippen molar-refractivity contribution in [3.8, 4) is 6.07 Å². The van der Waals surface area contributed by atoms with Crippen LogP contribution in [-0.4, -0.2) is 47.9 Å². The van der Waals surface area contributed by atoms with Gasteiger partial charge in [0, 0.05) is 55.7 Å². The van der Waals surface area contributed by atoms with Gasteiger partial charge in [0.25, 0.3) is 5.91 Å². The molecule has 0 bridgehead atoms. The molecule has 1 saturated heterocycles. The number of nitriles is 1. The van der Waals surface area contributed by atoms with Crippen molar-refractivity contribution in [2.24, 2.45) is 0 Å². The zero-order chi connectivity index (χ0) is 21.5. The van der Waals surface area contributed by atoms with Gasteiger partial charge in [-0.3, -0.25) is 4.79 Å². The predicted molar refractivity (Wildman–Crippen MR) is 121 cm³/mol. The summed E-state index contributed by atoms with van der Waals surface area (Å²) < 4.78 is 0. The van der Waals surface area contributed by atoms with E-state index >= 15 is 0 Å². The van der Waals surface area contributed by atoms with Crippen LogP contribution in [0.5, 0.6) is 0 Å². The van der Waals surface area contributed by atoms with Crippen LogP contribution in [0.2, 0.25) is 5.02 Å². The molecule has 5 nitrogen and oxygen atoms in total. The Bertz CT molecular complexity index is 928. The van der Waals surface area contributed by atoms with Crippen molar-refractivity contribution in [3.63, 3.8) is 0 Å². The third-order valence-electron chi connectivity index (χ3n) is 5.23. The number of amides is 1. The second kappa shape index (κ2) is 10.2. The highest BCUT2D eigenvalue weighted by molar-refractivity contribution is 6.30. The predicted octanol–water partition coefficient (Wildman–Crippen LogP) is 4.31. The number of carbonyl (C=O) groups is 1. The SMILES string of the molecule is CC(C)N(Cc1ccccc1)C(=O)/C(C#N)=C\N1CCN(c2cccc(Cl)c2)CC1. The molecule has 30 heavy (non-hydrogen) atoms. The Kier molecular flexibility index (Phi) is 7.37. The van der Waals surface area contributed by atoms with Crippen LogP contribution >= 0.6 is 11.6 Å². The van der Waals surface area contributed by atoms with E-state index in [0.29, 0.717) is 6.54 Å². The summed E-state index contributed by atoms with van der Waals surface area (Å²) in [6, 6.07) is 19.8. The van der Waals surface area contributed by atoms with Crippen LogP contribution in [0, 0.1) is 11.3 Å². The Morgan fingerprint density at radius 1 is 1.13 bits per heavy atom. The lowest BCUT2D eigenvalue weighted by Gasteiger charge is -2.36. The normalized spacial score (nSPS) is 14.6. The molecule has 0 aliphatic carbocycles. The highest BCUT2D eigenvalue weighted by atomic mass is 35.5. The van der Waals surface area contributed by atoms with Crippen molar-refractivity contribution < 1.29 is 4.79 Å². The van der Waals surface area contributed by atoms with Gasteiger partial charge in [0.15, 0.2) is 0 Å². The third kappa shape index (κ3) is 5.55. The molecule has 0 unspecified atom stereocenters. The Hall–Kier alpha value is -2.97. The molecule has 1 aliphatic heterocycles. The van der Waals surface area contributed by atoms with Crippen molar-refractivity contribution in [2.45, 2.75) is 26.4 Å². The number of piperazine rings is 1. The molecule has 3 rings (SSSR count). The fourth-order valence-electron chi connectivity index (χ4n) is 3.52. The molecule has 6 heteroatoms. The average molecular weight is 423 g/mol. The molecule has 1 fully saturated rings. The summed E-state index contributed by atoms with van der Waals surface area (Å²) in [4.78, 5) is 19.2. The van der Waals surface area contributed by atoms with Gasteiger partial charge in [-0.2, -0.15) is 5.26 Å². The van der Waals surface area contributed by atoms with E-state index < -0.39 is 0 Å². The maximum Gasteiger partial charge on any atom is 0.266 e. The molecular weight excluding hydrogens is 396 g/mol. The number of benzene rings is 2. The van der Waals surface area contributed by atoms with E-state index in [-0.39, 0.29) is 17.5 Å². The van der Waals surface area contributed by atoms with Crippen LogP contribution in [0.15, 0.2) is 66.4 Å². The van der Waals surface area contributed by atoms with E-state index in [0.717, 1.165) is 42.5 Å². The van der Waals surface area contributed by atoms with Gasteiger partial charge in [-0.25, -0.2) is 0 Å². The molecule has 0 radical (unpaired) electrons. The maximum atomic E-state index is 13.1. The first-order valence-electron chi connectivity index (χ1n) is 10.2. The minimum atomic E-state index is -0.228. The van der Waals surface area contributed by atoms with Gasteiger partial charge in [-0.05, 0) is 37.6 Å². The highest BCUT2D eigenvalue weighted by Gasteiger charge is 2.23. The lowest BCUT2D eigenvalue weighted by atomic mass is 10.1. The van der Waals surface area contributed by atoms with Crippen molar-refractivity contribution in [2.75, 3.05) is 31.1 Å². The van der Waals surface area contributed by atoms with E-state index in [4.69, 9.17) is 11.6 Å². The summed E-state index contributed by atoms with van der Waals surface area (Å²) in [5.41, 5.74) is 2.32. The number of rotatable bonds is 6. The summed E-state index contributed by atoms with van der Waals surface area (Å²) >= 11 is 6.10. The van der Waals surface area contributed by atoms with Crippen LogP contribution in [0.25, 0.3) is 0 Å². The Balaban J connectivity index is 1.67. The molecule has 0 atom stereocenters. The van der Waals surface area contributed by atoms with Crippen LogP contribution < -0.4 is 4.90 Å². The molecule has 2 aromatic carbocycles. The average Bonchev–Trinajstić information content (AvgIpc) is 2.76. The Morgan fingerprint density at radius 3 is 2.43 bits per heavy atom. The molecular formula is C24H27ClN4O. The summed E-state index contributed by atoms with van der Waals surface area (Å²) in [6.45, 7) is 7.53. The molecule has 1 heterocycles. The van der Waals surface area contributed by atoms with Crippen LogP contribution in [0.3, 0.4) is 0 Å². The largest absolute Gasteiger partial charge is 0.373 e. The summed E-state index contributed by atoms with van der Waals surface area (Å²) in [6.07, 6.45) is 1.72. The lowest BCUT2D eigenvalue weighted by molar-refractivity contribution is -0.129. The van der Waals surface area contributed by atoms with E-state index in [1.165, 1.54) is 0 Å². The summed E-state index contributed by atoms with van der Waals surface area (Å²) in [5, 5.41) is 10.4. The second-order valence-corrected chi connectivity index (χ2v) is 8.11. The van der Waals surface area contributed by atoms with Crippen LogP contribution in [-0.2, 0) is 11.3 Å². The van der Waals surface area contributed by atoms with Gasteiger partial charge in [-0.15, -0.1) is 0 Å². The van der Waals surface area contributed by atoms with E-state index in [9.17, 15) is 10.1 Å². The topological polar surface area (TPSA) is 50.6 Å². The van der Waals surface area contributed by atoms with Crippen molar-refractivity contribution in [1.82, 2.24) is 9.80 Å². The minimum absolute atomic E-state index is 0.00543. The number of nitrogens with zero attached hydrogens (tertiary/aromatic N) is 4. The maximum absolute atomic E-state index is 13.1. The fraction of sp³-hybridized carbons (Fsp3) is 0.333. The highest BCUT2D eigenvalue weighted by Crippen LogP contribution is 2.21. The number of halogens is 1. The molecule has 0 N–H and O–H groups in total. The zero-order valence-corrected chi connectivity index (χ0v) is 18.2. The molecule has 156 valence electrons. The van der Waals surface area contributed by atoms with Gasteiger partial charge < -0.3 is 14.7 Å². The lowest BCUT2D eigenvalue weighted by Crippen LogP contribution is -2.45. The smallest absolute Gasteiger partial charge is 0.266 e. The molecule has 2 aromatic rings. The fourth-order valence-corrected chi connectivity index (χ4v) is 3.70. The van der Waals surface area contributed by atoms with Gasteiger partial charge in [-0.1, -0.05) is 48.0 Å². The number of hydrogen-bond acceptors (Lipinski definition) is 4. The molecule has 0 aromatic heterocycles. The number of carbonyl (C=O) groups excluding carboxylic acids is 1. The molecule has 1 aliphatic rings. The van der Waals surface area contributed by atoms with E-state index in [1.807, 2.05) is 68.4 Å². The van der Waals surface area contributed by atoms with Crippen LogP contribution in [0.4, 0.5) is 5.69 Å². The Labute approximate surface area is 183 Å². The molecule has 0 saturated carbocycles. The van der Waals surface area contributed by atoms with Crippen molar-refractivity contribution in [3.05, 3.63) is 77.0 Å². The molecule has 0 spiro atoms. The van der Waals surface area contributed by atoms with E-state index in [2.05, 4.69) is 15.9 Å². The minimum Gasteiger partial charge on any atom is -0.373 e. The van der Waals surface area contributed by atoms with Gasteiger partial charge in [0.2, 0.25) is 0 Å². The number of hydrogen-bond donors (Lipinski definition) is 0. The third-order valence-corrected chi connectivity index (χ3v) is 5.47. The number of anilines is 1. The van der Waals surface area contributed by atoms with Gasteiger partial charge in [0.05, 0.1) is 0 Å². The second-order valence-electron chi connectivity index (χ2n) is 7.67. The quantitative estimate of drug-likeness (QED) is 0.514. The van der Waals surface area contributed by atoms with Crippen molar-refractivity contribution in [1.29, 1.82) is 5.26 Å². The first-order valence-corrected chi connectivity index (χ1v) is 10.6. The van der Waals surface area contributed by atoms with Gasteiger partial charge >= 0.3 is 0 Å². The Morgan fingerprint density at radius 2 is 1.83 bits per heavy atom. The first-order chi connectivity index (χ1) is 14.5. The zero-order valence-electron chi connectivity index (χ0n) is 17.5. The van der Waals surface area contributed by atoms with E-state index in [1.54, 1.807) is 11.1 Å². The van der Waals surface area contributed by atoms with Gasteiger partial charge in [0.1, 0.15) is 11.6 Å². The summed E-state index contributed by atoms with van der Waals surface area (Å²) in [7, 11) is 0. The standard InChI is InChI=1S/C24H27ClN4O/c1-19(2)29(17-20-7-4-3-5-8-20)24(30)21(16-26)18-27-11-13-28(14-12-27)23-10-6-9-22(25)15-23/h3-10,15,18-19H,11-14,17H2,1-2H3/b21-18-. The first kappa shape index (κ1) is 21.7. The molecule has 1 amide bonds. The monoisotopic (exact) mass is 422 g/mol.